The normalized spacial score (nSPS) is 10.5. The van der Waals surface area contributed by atoms with Gasteiger partial charge in [0.1, 0.15) is 0 Å². The molecule has 2 aromatic carbocycles. The van der Waals surface area contributed by atoms with Crippen LogP contribution >= 0.6 is 0 Å². The molecule has 7 heteroatoms. The third-order valence-corrected chi connectivity index (χ3v) is 3.57. The molecule has 0 aliphatic rings. The molecule has 2 rings (SSSR count). The van der Waals surface area contributed by atoms with Crippen LogP contribution in [0.25, 0.3) is 0 Å². The third-order valence-electron chi connectivity index (χ3n) is 3.57. The number of nitrogens with one attached hydrogen (secondary N) is 1. The van der Waals surface area contributed by atoms with Gasteiger partial charge < -0.3 is 14.8 Å². The van der Waals surface area contributed by atoms with E-state index in [1.807, 2.05) is 6.92 Å². The quantitative estimate of drug-likeness (QED) is 0.357. The highest BCUT2D eigenvalue weighted by atomic mass is 16.6. The number of methoxy groups -OCH3 is 2. The van der Waals surface area contributed by atoms with E-state index in [9.17, 15) is 14.9 Å². The average molecular weight is 342 g/mol. The van der Waals surface area contributed by atoms with Crippen LogP contribution in [0.15, 0.2) is 48.7 Å². The third kappa shape index (κ3) is 4.35. The van der Waals surface area contributed by atoms with E-state index in [0.717, 1.165) is 5.56 Å². The van der Waals surface area contributed by atoms with Crippen molar-refractivity contribution in [3.63, 3.8) is 0 Å². The summed E-state index contributed by atoms with van der Waals surface area (Å²) in [6.45, 7) is 1.82. The standard InChI is InChI=1S/C18H18N2O5/c1-12-4-6-14(20(22)23)11-15(12)19-9-8-16(21)13-5-7-17(24-2)18(10-13)25-3/h4-11,19H,1-3H3. The Morgan fingerprint density at radius 1 is 1.12 bits per heavy atom. The number of non-ortho nitro benzene ring substituents is 1. The van der Waals surface area contributed by atoms with Gasteiger partial charge in [-0.25, -0.2) is 0 Å². The van der Waals surface area contributed by atoms with Gasteiger partial charge in [0.25, 0.3) is 5.69 Å². The summed E-state index contributed by atoms with van der Waals surface area (Å²) in [7, 11) is 3.01. The van der Waals surface area contributed by atoms with E-state index >= 15 is 0 Å². The topological polar surface area (TPSA) is 90.7 Å². The van der Waals surface area contributed by atoms with E-state index in [0.29, 0.717) is 22.7 Å². The number of nitro benzene ring substituents is 1. The molecule has 0 saturated carbocycles. The van der Waals surface area contributed by atoms with Gasteiger partial charge in [0.05, 0.1) is 19.1 Å². The number of ether oxygens (including phenoxy) is 2. The molecule has 7 nitrogen and oxygen atoms in total. The van der Waals surface area contributed by atoms with Crippen LogP contribution < -0.4 is 14.8 Å². The average Bonchev–Trinajstić information content (AvgIpc) is 2.62. The van der Waals surface area contributed by atoms with Gasteiger partial charge in [-0.2, -0.15) is 0 Å². The molecule has 0 bridgehead atoms. The summed E-state index contributed by atoms with van der Waals surface area (Å²) in [5.41, 5.74) is 1.80. The fourth-order valence-corrected chi connectivity index (χ4v) is 2.17. The summed E-state index contributed by atoms with van der Waals surface area (Å²) in [6, 6.07) is 9.36. The van der Waals surface area contributed by atoms with Crippen LogP contribution in [-0.4, -0.2) is 24.9 Å². The second-order valence-corrected chi connectivity index (χ2v) is 5.17. The van der Waals surface area contributed by atoms with E-state index in [2.05, 4.69) is 5.32 Å². The van der Waals surface area contributed by atoms with Gasteiger partial charge in [0, 0.05) is 35.7 Å². The minimum Gasteiger partial charge on any atom is -0.493 e. The number of nitro groups is 1. The van der Waals surface area contributed by atoms with Crippen molar-refractivity contribution in [1.29, 1.82) is 0 Å². The summed E-state index contributed by atoms with van der Waals surface area (Å²) in [6.07, 6.45) is 2.80. The molecule has 25 heavy (non-hydrogen) atoms. The smallest absolute Gasteiger partial charge is 0.271 e. The number of anilines is 1. The first-order valence-electron chi connectivity index (χ1n) is 7.40. The Morgan fingerprint density at radius 2 is 1.84 bits per heavy atom. The molecule has 1 N–H and O–H groups in total. The maximum Gasteiger partial charge on any atom is 0.271 e. The van der Waals surface area contributed by atoms with E-state index in [4.69, 9.17) is 9.47 Å². The zero-order valence-corrected chi connectivity index (χ0v) is 14.1. The van der Waals surface area contributed by atoms with Gasteiger partial charge in [-0.15, -0.1) is 0 Å². The maximum atomic E-state index is 12.2. The first kappa shape index (κ1) is 18.0. The van der Waals surface area contributed by atoms with Crippen molar-refractivity contribution in [1.82, 2.24) is 0 Å². The van der Waals surface area contributed by atoms with E-state index < -0.39 is 4.92 Å². The molecule has 0 aliphatic carbocycles. The largest absolute Gasteiger partial charge is 0.493 e. The number of hydrogen-bond acceptors (Lipinski definition) is 6. The summed E-state index contributed by atoms with van der Waals surface area (Å²) in [4.78, 5) is 22.6. The number of benzene rings is 2. The second kappa shape index (κ2) is 7.96. The summed E-state index contributed by atoms with van der Waals surface area (Å²) in [5.74, 6) is 0.758. The molecular formula is C18H18N2O5. The highest BCUT2D eigenvalue weighted by Crippen LogP contribution is 2.28. The van der Waals surface area contributed by atoms with Crippen LogP contribution in [0, 0.1) is 17.0 Å². The molecule has 0 atom stereocenters. The molecule has 0 amide bonds. The van der Waals surface area contributed by atoms with Crippen molar-refractivity contribution in [2.75, 3.05) is 19.5 Å². The number of hydrogen-bond donors (Lipinski definition) is 1. The lowest BCUT2D eigenvalue weighted by Gasteiger charge is -2.08. The highest BCUT2D eigenvalue weighted by Gasteiger charge is 2.09. The van der Waals surface area contributed by atoms with E-state index in [1.165, 1.54) is 38.6 Å². The molecule has 0 unspecified atom stereocenters. The van der Waals surface area contributed by atoms with Crippen LogP contribution in [0.4, 0.5) is 11.4 Å². The van der Waals surface area contributed by atoms with Crippen LogP contribution in [0.3, 0.4) is 0 Å². The van der Waals surface area contributed by atoms with Gasteiger partial charge in [-0.05, 0) is 30.7 Å². The Hall–Kier alpha value is -3.35. The Bertz CT molecular complexity index is 830. The second-order valence-electron chi connectivity index (χ2n) is 5.17. The van der Waals surface area contributed by atoms with Crippen LogP contribution in [0.5, 0.6) is 11.5 Å². The minimum absolute atomic E-state index is 0.0206. The predicted octanol–water partition coefficient (Wildman–Crippen LogP) is 3.73. The molecule has 0 spiro atoms. The highest BCUT2D eigenvalue weighted by molar-refractivity contribution is 6.05. The lowest BCUT2D eigenvalue weighted by molar-refractivity contribution is -0.384. The first-order chi connectivity index (χ1) is 12.0. The molecule has 0 heterocycles. The zero-order chi connectivity index (χ0) is 18.4. The summed E-state index contributed by atoms with van der Waals surface area (Å²) >= 11 is 0. The Morgan fingerprint density at radius 3 is 2.48 bits per heavy atom. The van der Waals surface area contributed by atoms with Gasteiger partial charge in [0.15, 0.2) is 17.3 Å². The van der Waals surface area contributed by atoms with E-state index in [1.54, 1.807) is 24.3 Å². The van der Waals surface area contributed by atoms with Crippen LogP contribution in [0.2, 0.25) is 0 Å². The zero-order valence-electron chi connectivity index (χ0n) is 14.1. The number of rotatable bonds is 7. The molecular weight excluding hydrogens is 324 g/mol. The number of allylic oxidation sites excluding steroid dienone is 1. The molecule has 0 fully saturated rings. The number of carbonyl (C=O) groups is 1. The van der Waals surface area contributed by atoms with Crippen molar-refractivity contribution in [3.05, 3.63) is 69.9 Å². The summed E-state index contributed by atoms with van der Waals surface area (Å²) in [5, 5.41) is 13.7. The molecule has 0 aliphatic heterocycles. The van der Waals surface area contributed by atoms with Crippen LogP contribution in [0.1, 0.15) is 15.9 Å². The number of carbonyl (C=O) groups excluding carboxylic acids is 1. The van der Waals surface area contributed by atoms with E-state index in [-0.39, 0.29) is 11.5 Å². The fourth-order valence-electron chi connectivity index (χ4n) is 2.17. The number of aryl methyl sites for hydroxylation is 1. The molecule has 0 aromatic heterocycles. The predicted molar refractivity (Wildman–Crippen MR) is 94.5 cm³/mol. The Labute approximate surface area is 145 Å². The number of nitrogens with zero attached hydrogens (tertiary/aromatic N) is 1. The van der Waals surface area contributed by atoms with Gasteiger partial charge in [0.2, 0.25) is 0 Å². The first-order valence-corrected chi connectivity index (χ1v) is 7.40. The lowest BCUT2D eigenvalue weighted by atomic mass is 10.1. The van der Waals surface area contributed by atoms with Crippen molar-refractivity contribution in [3.8, 4) is 11.5 Å². The van der Waals surface area contributed by atoms with Crippen LogP contribution in [-0.2, 0) is 0 Å². The lowest BCUT2D eigenvalue weighted by Crippen LogP contribution is -1.99. The van der Waals surface area contributed by atoms with Crippen molar-refractivity contribution in [2.45, 2.75) is 6.92 Å². The van der Waals surface area contributed by atoms with Gasteiger partial charge >= 0.3 is 0 Å². The molecule has 0 saturated heterocycles. The molecule has 0 radical (unpaired) electrons. The Balaban J connectivity index is 2.13. The van der Waals surface area contributed by atoms with Crippen molar-refractivity contribution >= 4 is 17.2 Å². The maximum absolute atomic E-state index is 12.2. The summed E-state index contributed by atoms with van der Waals surface area (Å²) < 4.78 is 10.3. The van der Waals surface area contributed by atoms with Gasteiger partial charge in [-0.1, -0.05) is 6.07 Å². The fraction of sp³-hybridized carbons (Fsp3) is 0.167. The number of ketones is 1. The molecule has 2 aromatic rings. The Kier molecular flexibility index (Phi) is 5.73. The minimum atomic E-state index is -0.469. The van der Waals surface area contributed by atoms with Crippen molar-refractivity contribution < 1.29 is 19.2 Å². The molecule has 130 valence electrons. The monoisotopic (exact) mass is 342 g/mol. The van der Waals surface area contributed by atoms with Gasteiger partial charge in [-0.3, -0.25) is 14.9 Å². The SMILES string of the molecule is COc1ccc(C(=O)C=CNc2cc([N+](=O)[O-])ccc2C)cc1OC. The van der Waals surface area contributed by atoms with Crippen molar-refractivity contribution in [2.24, 2.45) is 0 Å².